The van der Waals surface area contributed by atoms with Gasteiger partial charge in [0, 0.05) is 31.9 Å². The predicted molar refractivity (Wildman–Crippen MR) is 118 cm³/mol. The van der Waals surface area contributed by atoms with Crippen molar-refractivity contribution in [3.05, 3.63) is 60.2 Å². The molecule has 1 fully saturated rings. The normalized spacial score (nSPS) is 16.5. The van der Waals surface area contributed by atoms with Crippen LogP contribution in [0.1, 0.15) is 37.1 Å². The molecule has 9 nitrogen and oxygen atoms in total. The molecule has 1 aromatic carbocycles. The number of hydrogen-bond donors (Lipinski definition) is 1. The van der Waals surface area contributed by atoms with E-state index >= 15 is 0 Å². The molecular weight excluding hydrogens is 432 g/mol. The highest BCUT2D eigenvalue weighted by Crippen LogP contribution is 2.20. The number of amides is 1. The fourth-order valence-corrected chi connectivity index (χ4v) is 5.53. The quantitative estimate of drug-likeness (QED) is 0.292. The van der Waals surface area contributed by atoms with Crippen LogP contribution in [-0.2, 0) is 32.6 Å². The minimum Gasteiger partial charge on any atom is -0.373 e. The number of rotatable bonds is 12. The van der Waals surface area contributed by atoms with Gasteiger partial charge in [0.15, 0.2) is 0 Å². The Morgan fingerprint density at radius 3 is 2.50 bits per heavy atom. The second kappa shape index (κ2) is 12.0. The lowest BCUT2D eigenvalue weighted by Gasteiger charge is -2.33. The number of carbonyl (C=O) groups excluding carboxylic acids is 1. The fraction of sp³-hybridized carbons (Fsp3) is 0.500. The van der Waals surface area contributed by atoms with Crippen molar-refractivity contribution >= 4 is 16.4 Å². The van der Waals surface area contributed by atoms with Crippen LogP contribution in [0.3, 0.4) is 0 Å². The van der Waals surface area contributed by atoms with Crippen molar-refractivity contribution < 1.29 is 23.2 Å². The zero-order valence-electron chi connectivity index (χ0n) is 18.0. The number of ether oxygens (including phenoxy) is 1. The van der Waals surface area contributed by atoms with Crippen LogP contribution in [0.5, 0.6) is 0 Å². The van der Waals surface area contributed by atoms with Gasteiger partial charge >= 0.3 is 0 Å². The van der Waals surface area contributed by atoms with Gasteiger partial charge in [0.05, 0.1) is 24.5 Å². The van der Waals surface area contributed by atoms with Gasteiger partial charge in [-0.3, -0.25) is 10.0 Å². The third-order valence-electron chi connectivity index (χ3n) is 5.56. The highest BCUT2D eigenvalue weighted by molar-refractivity contribution is 7.89. The minimum atomic E-state index is -3.64. The van der Waals surface area contributed by atoms with Crippen LogP contribution in [-0.4, -0.2) is 70.4 Å². The number of aromatic nitrogens is 2. The molecule has 0 aliphatic carbocycles. The maximum absolute atomic E-state index is 12.9. The van der Waals surface area contributed by atoms with E-state index in [1.165, 1.54) is 4.31 Å². The molecule has 1 atom stereocenters. The van der Waals surface area contributed by atoms with Gasteiger partial charge in [0.1, 0.15) is 5.82 Å². The van der Waals surface area contributed by atoms with E-state index in [1.807, 2.05) is 30.3 Å². The lowest BCUT2D eigenvalue weighted by atomic mass is 10.1. The molecule has 0 radical (unpaired) electrons. The average Bonchev–Trinajstić information content (AvgIpc) is 2.83. The van der Waals surface area contributed by atoms with E-state index in [0.717, 1.165) is 5.56 Å². The Labute approximate surface area is 189 Å². The van der Waals surface area contributed by atoms with Crippen molar-refractivity contribution in [1.29, 1.82) is 0 Å². The summed E-state index contributed by atoms with van der Waals surface area (Å²) in [6.07, 6.45) is 6.16. The van der Waals surface area contributed by atoms with Crippen molar-refractivity contribution in [2.24, 2.45) is 0 Å². The second-order valence-electron chi connectivity index (χ2n) is 7.87. The van der Waals surface area contributed by atoms with Crippen LogP contribution < -0.4 is 0 Å². The first-order valence-corrected chi connectivity index (χ1v) is 12.4. The second-order valence-corrected chi connectivity index (χ2v) is 9.88. The van der Waals surface area contributed by atoms with E-state index in [1.54, 1.807) is 18.5 Å². The van der Waals surface area contributed by atoms with Crippen molar-refractivity contribution in [3.8, 4) is 0 Å². The Hall–Kier alpha value is -2.40. The summed E-state index contributed by atoms with van der Waals surface area (Å²) in [7, 11) is -3.64. The molecule has 1 saturated heterocycles. The van der Waals surface area contributed by atoms with Gasteiger partial charge in [0.25, 0.3) is 0 Å². The number of nitrogens with zero attached hydrogens (tertiary/aromatic N) is 4. The molecule has 0 spiro atoms. The summed E-state index contributed by atoms with van der Waals surface area (Å²) in [5.41, 5.74) is 1.09. The van der Waals surface area contributed by atoms with Gasteiger partial charge in [-0.25, -0.2) is 27.8 Å². The Balaban J connectivity index is 1.48. The predicted octanol–water partition coefficient (Wildman–Crippen LogP) is 2.03. The molecule has 3 rings (SSSR count). The summed E-state index contributed by atoms with van der Waals surface area (Å²) >= 11 is 0. The smallest absolute Gasteiger partial charge is 0.233 e. The van der Waals surface area contributed by atoms with Crippen molar-refractivity contribution in [2.45, 2.75) is 50.9 Å². The molecule has 1 unspecified atom stereocenters. The first-order chi connectivity index (χ1) is 15.5. The van der Waals surface area contributed by atoms with Crippen molar-refractivity contribution in [3.63, 3.8) is 0 Å². The van der Waals surface area contributed by atoms with Crippen LogP contribution in [0.15, 0.2) is 48.8 Å². The molecule has 2 heterocycles. The standard InChI is InChI=1S/C22H30N4O5S/c27-18-26(28)20(8-4-9-22-23-12-5-13-24-22)17-32(29,30)25-14-10-21(11-15-25)31-16-19-6-2-1-3-7-19/h1-3,5-7,12-13,18,20-21,28H,4,8-11,14-17H2. The van der Waals surface area contributed by atoms with Gasteiger partial charge < -0.3 is 4.74 Å². The molecule has 2 aromatic rings. The van der Waals surface area contributed by atoms with Crippen LogP contribution in [0.25, 0.3) is 0 Å². The molecule has 174 valence electrons. The van der Waals surface area contributed by atoms with Crippen LogP contribution in [0.4, 0.5) is 0 Å². The largest absolute Gasteiger partial charge is 0.373 e. The maximum atomic E-state index is 12.9. The van der Waals surface area contributed by atoms with Crippen molar-refractivity contribution in [2.75, 3.05) is 18.8 Å². The van der Waals surface area contributed by atoms with E-state index in [9.17, 15) is 18.4 Å². The van der Waals surface area contributed by atoms with Crippen LogP contribution in [0.2, 0.25) is 0 Å². The molecular formula is C22H30N4O5S. The van der Waals surface area contributed by atoms with Gasteiger partial charge in [-0.2, -0.15) is 0 Å². The van der Waals surface area contributed by atoms with Gasteiger partial charge in [0.2, 0.25) is 16.4 Å². The summed E-state index contributed by atoms with van der Waals surface area (Å²) in [4.78, 5) is 19.4. The lowest BCUT2D eigenvalue weighted by molar-refractivity contribution is -0.158. The Morgan fingerprint density at radius 2 is 1.84 bits per heavy atom. The highest BCUT2D eigenvalue weighted by atomic mass is 32.2. The maximum Gasteiger partial charge on any atom is 0.233 e. The molecule has 32 heavy (non-hydrogen) atoms. The Bertz CT molecular complexity index is 922. The lowest BCUT2D eigenvalue weighted by Crippen LogP contribution is -2.46. The third-order valence-corrected chi connectivity index (χ3v) is 7.52. The van der Waals surface area contributed by atoms with Gasteiger partial charge in [-0.15, -0.1) is 0 Å². The topological polar surface area (TPSA) is 113 Å². The molecule has 1 aromatic heterocycles. The van der Waals surface area contributed by atoms with E-state index in [4.69, 9.17) is 4.74 Å². The number of piperidine rings is 1. The molecule has 0 saturated carbocycles. The van der Waals surface area contributed by atoms with E-state index in [-0.39, 0.29) is 18.3 Å². The van der Waals surface area contributed by atoms with E-state index < -0.39 is 16.1 Å². The van der Waals surface area contributed by atoms with Gasteiger partial charge in [-0.1, -0.05) is 30.3 Å². The Kier molecular flexibility index (Phi) is 9.10. The number of hydroxylamine groups is 2. The van der Waals surface area contributed by atoms with E-state index in [2.05, 4.69) is 9.97 Å². The molecule has 10 heteroatoms. The molecule has 1 amide bonds. The number of benzene rings is 1. The van der Waals surface area contributed by atoms with Crippen molar-refractivity contribution in [1.82, 2.24) is 19.3 Å². The molecule has 1 aliphatic rings. The monoisotopic (exact) mass is 462 g/mol. The first kappa shape index (κ1) is 24.2. The average molecular weight is 463 g/mol. The summed E-state index contributed by atoms with van der Waals surface area (Å²) in [5, 5.41) is 10.4. The zero-order chi connectivity index (χ0) is 22.8. The zero-order valence-corrected chi connectivity index (χ0v) is 18.8. The molecule has 1 aliphatic heterocycles. The molecule has 0 bridgehead atoms. The molecule has 1 N–H and O–H groups in total. The van der Waals surface area contributed by atoms with Gasteiger partial charge in [-0.05, 0) is 37.3 Å². The highest BCUT2D eigenvalue weighted by Gasteiger charge is 2.32. The summed E-state index contributed by atoms with van der Waals surface area (Å²) < 4.78 is 33.3. The fourth-order valence-electron chi connectivity index (χ4n) is 3.75. The number of carbonyl (C=O) groups is 1. The summed E-state index contributed by atoms with van der Waals surface area (Å²) in [5.74, 6) is 0.315. The third kappa shape index (κ3) is 7.33. The number of hydrogen-bond acceptors (Lipinski definition) is 7. The number of sulfonamides is 1. The minimum absolute atomic E-state index is 0.00707. The Morgan fingerprint density at radius 1 is 1.16 bits per heavy atom. The number of aryl methyl sites for hydroxylation is 1. The van der Waals surface area contributed by atoms with Crippen LogP contribution >= 0.6 is 0 Å². The van der Waals surface area contributed by atoms with Crippen LogP contribution in [0, 0.1) is 0 Å². The van der Waals surface area contributed by atoms with E-state index in [0.29, 0.717) is 62.7 Å². The summed E-state index contributed by atoms with van der Waals surface area (Å²) in [6, 6.07) is 10.8. The summed E-state index contributed by atoms with van der Waals surface area (Å²) in [6.45, 7) is 1.22. The first-order valence-electron chi connectivity index (χ1n) is 10.8. The SMILES string of the molecule is O=CN(O)C(CCCc1ncccn1)CS(=O)(=O)N1CCC(OCc2ccccc2)CC1.